The highest BCUT2D eigenvalue weighted by Crippen LogP contribution is 2.25. The maximum absolute atomic E-state index is 12.6. The first kappa shape index (κ1) is 15.9. The number of halogens is 1. The minimum Gasteiger partial charge on any atom is -0.377 e. The van der Waals surface area contributed by atoms with Crippen LogP contribution >= 0.6 is 11.6 Å². The molecule has 0 spiro atoms. The fourth-order valence-electron chi connectivity index (χ4n) is 2.81. The third-order valence-corrected chi connectivity index (χ3v) is 4.39. The number of aryl methyl sites for hydroxylation is 1. The zero-order valence-corrected chi connectivity index (χ0v) is 14.0. The molecule has 5 nitrogen and oxygen atoms in total. The van der Waals surface area contributed by atoms with Gasteiger partial charge in [0.25, 0.3) is 5.91 Å². The van der Waals surface area contributed by atoms with Crippen LogP contribution in [0.3, 0.4) is 0 Å². The van der Waals surface area contributed by atoms with Crippen LogP contribution in [-0.2, 0) is 6.54 Å². The first-order valence-electron chi connectivity index (χ1n) is 7.96. The summed E-state index contributed by atoms with van der Waals surface area (Å²) in [6.45, 7) is 4.18. The molecule has 23 heavy (non-hydrogen) atoms. The summed E-state index contributed by atoms with van der Waals surface area (Å²) in [6, 6.07) is 5.39. The summed E-state index contributed by atoms with van der Waals surface area (Å²) in [5.74, 6) is 0.921. The van der Waals surface area contributed by atoms with Crippen LogP contribution in [0.2, 0.25) is 5.02 Å². The van der Waals surface area contributed by atoms with Crippen LogP contribution in [0.4, 0.5) is 5.69 Å². The third kappa shape index (κ3) is 3.85. The Morgan fingerprint density at radius 3 is 2.83 bits per heavy atom. The number of likely N-dealkylation sites (tertiary alicyclic amines) is 1. The van der Waals surface area contributed by atoms with Gasteiger partial charge in [0, 0.05) is 30.5 Å². The van der Waals surface area contributed by atoms with Crippen molar-refractivity contribution < 1.29 is 4.79 Å². The van der Waals surface area contributed by atoms with Gasteiger partial charge in [-0.1, -0.05) is 11.6 Å². The van der Waals surface area contributed by atoms with Crippen LogP contribution in [0, 0.1) is 6.92 Å². The predicted octanol–water partition coefficient (Wildman–Crippen LogP) is 3.61. The number of piperidine rings is 1. The number of hydrogen-bond acceptors (Lipinski definition) is 3. The van der Waals surface area contributed by atoms with Gasteiger partial charge in [0.05, 0.1) is 17.3 Å². The first-order chi connectivity index (χ1) is 11.1. The Bertz CT molecular complexity index is 692. The minimum absolute atomic E-state index is 0.0817. The van der Waals surface area contributed by atoms with E-state index < -0.39 is 0 Å². The van der Waals surface area contributed by atoms with Gasteiger partial charge in [-0.05, 0) is 44.4 Å². The van der Waals surface area contributed by atoms with Gasteiger partial charge in [0.1, 0.15) is 5.82 Å². The number of H-pyrrole nitrogens is 1. The molecule has 1 saturated heterocycles. The molecular weight excluding hydrogens is 312 g/mol. The molecule has 1 aliphatic rings. The van der Waals surface area contributed by atoms with Crippen molar-refractivity contribution in [2.24, 2.45) is 0 Å². The van der Waals surface area contributed by atoms with Gasteiger partial charge in [-0.2, -0.15) is 0 Å². The molecule has 1 fully saturated rings. The van der Waals surface area contributed by atoms with E-state index in [1.54, 1.807) is 18.3 Å². The molecule has 0 radical (unpaired) electrons. The lowest BCUT2D eigenvalue weighted by Crippen LogP contribution is -2.35. The van der Waals surface area contributed by atoms with Gasteiger partial charge in [-0.25, -0.2) is 4.98 Å². The lowest BCUT2D eigenvalue weighted by molar-refractivity contribution is 0.0724. The van der Waals surface area contributed by atoms with Gasteiger partial charge in [-0.3, -0.25) is 4.79 Å². The molecule has 1 aromatic heterocycles. The topological polar surface area (TPSA) is 61.0 Å². The summed E-state index contributed by atoms with van der Waals surface area (Å²) < 4.78 is 0. The Morgan fingerprint density at radius 1 is 1.35 bits per heavy atom. The Hall–Kier alpha value is -2.01. The van der Waals surface area contributed by atoms with Gasteiger partial charge in [0.15, 0.2) is 0 Å². The fourth-order valence-corrected chi connectivity index (χ4v) is 2.99. The Labute approximate surface area is 141 Å². The molecule has 2 N–H and O–H groups in total. The van der Waals surface area contributed by atoms with Crippen LogP contribution in [0.25, 0.3) is 0 Å². The number of aromatic amines is 1. The number of nitrogens with one attached hydrogen (secondary N) is 2. The number of amides is 1. The Kier molecular flexibility index (Phi) is 4.86. The molecule has 3 rings (SSSR count). The van der Waals surface area contributed by atoms with Crippen molar-refractivity contribution in [3.8, 4) is 0 Å². The zero-order valence-electron chi connectivity index (χ0n) is 13.2. The standard InChI is InChI=1S/C17H21ClN4O/c1-12-10-20-16(21-12)11-19-15-9-13(5-6-14(15)18)17(23)22-7-3-2-4-8-22/h5-6,9-10,19H,2-4,7-8,11H2,1H3,(H,20,21). The maximum Gasteiger partial charge on any atom is 0.253 e. The summed E-state index contributed by atoms with van der Waals surface area (Å²) in [7, 11) is 0. The van der Waals surface area contributed by atoms with Crippen LogP contribution in [0.5, 0.6) is 0 Å². The number of hydrogen-bond donors (Lipinski definition) is 2. The van der Waals surface area contributed by atoms with E-state index in [4.69, 9.17) is 11.6 Å². The largest absolute Gasteiger partial charge is 0.377 e. The number of aromatic nitrogens is 2. The Morgan fingerprint density at radius 2 is 2.13 bits per heavy atom. The molecule has 0 saturated carbocycles. The van der Waals surface area contributed by atoms with E-state index in [0.29, 0.717) is 17.1 Å². The van der Waals surface area contributed by atoms with E-state index >= 15 is 0 Å². The van der Waals surface area contributed by atoms with Crippen molar-refractivity contribution in [1.82, 2.24) is 14.9 Å². The van der Waals surface area contributed by atoms with Gasteiger partial charge in [-0.15, -0.1) is 0 Å². The quantitative estimate of drug-likeness (QED) is 0.899. The highest BCUT2D eigenvalue weighted by molar-refractivity contribution is 6.33. The molecule has 2 heterocycles. The second kappa shape index (κ2) is 7.04. The summed E-state index contributed by atoms with van der Waals surface area (Å²) in [5, 5.41) is 3.84. The van der Waals surface area contributed by atoms with Gasteiger partial charge in [0.2, 0.25) is 0 Å². The number of anilines is 1. The van der Waals surface area contributed by atoms with Crippen molar-refractivity contribution >= 4 is 23.2 Å². The molecule has 1 aromatic carbocycles. The van der Waals surface area contributed by atoms with Crippen molar-refractivity contribution in [2.45, 2.75) is 32.7 Å². The number of imidazole rings is 1. The molecule has 122 valence electrons. The van der Waals surface area contributed by atoms with Crippen molar-refractivity contribution in [1.29, 1.82) is 0 Å². The van der Waals surface area contributed by atoms with Crippen molar-refractivity contribution in [3.05, 3.63) is 46.5 Å². The second-order valence-corrected chi connectivity index (χ2v) is 6.32. The van der Waals surface area contributed by atoms with E-state index in [-0.39, 0.29) is 5.91 Å². The monoisotopic (exact) mass is 332 g/mol. The number of carbonyl (C=O) groups is 1. The van der Waals surface area contributed by atoms with Crippen LogP contribution in [0.15, 0.2) is 24.4 Å². The van der Waals surface area contributed by atoms with E-state index in [0.717, 1.165) is 43.1 Å². The number of nitrogens with zero attached hydrogens (tertiary/aromatic N) is 2. The van der Waals surface area contributed by atoms with Crippen LogP contribution in [0.1, 0.15) is 41.1 Å². The highest BCUT2D eigenvalue weighted by Gasteiger charge is 2.19. The van der Waals surface area contributed by atoms with E-state index in [1.807, 2.05) is 17.9 Å². The average molecular weight is 333 g/mol. The third-order valence-electron chi connectivity index (χ3n) is 4.06. The number of benzene rings is 1. The molecule has 1 amide bonds. The van der Waals surface area contributed by atoms with Crippen molar-refractivity contribution in [3.63, 3.8) is 0 Å². The molecule has 1 aliphatic heterocycles. The van der Waals surface area contributed by atoms with E-state index in [9.17, 15) is 4.79 Å². The summed E-state index contributed by atoms with van der Waals surface area (Å²) in [4.78, 5) is 21.9. The summed E-state index contributed by atoms with van der Waals surface area (Å²) in [5.41, 5.74) is 2.44. The zero-order chi connectivity index (χ0) is 16.2. The first-order valence-corrected chi connectivity index (χ1v) is 8.34. The molecular formula is C17H21ClN4O. The van der Waals surface area contributed by atoms with Crippen LogP contribution in [-0.4, -0.2) is 33.9 Å². The SMILES string of the molecule is Cc1cnc(CNc2cc(C(=O)N3CCCCC3)ccc2Cl)[nH]1. The van der Waals surface area contributed by atoms with Gasteiger partial charge < -0.3 is 15.2 Å². The van der Waals surface area contributed by atoms with E-state index in [2.05, 4.69) is 15.3 Å². The second-order valence-electron chi connectivity index (χ2n) is 5.91. The lowest BCUT2D eigenvalue weighted by Gasteiger charge is -2.27. The molecule has 0 bridgehead atoms. The fraction of sp³-hybridized carbons (Fsp3) is 0.412. The predicted molar refractivity (Wildman–Crippen MR) is 91.9 cm³/mol. The molecule has 0 aliphatic carbocycles. The van der Waals surface area contributed by atoms with Gasteiger partial charge >= 0.3 is 0 Å². The number of rotatable bonds is 4. The summed E-state index contributed by atoms with van der Waals surface area (Å²) in [6.07, 6.45) is 5.17. The molecule has 2 aromatic rings. The van der Waals surface area contributed by atoms with Crippen LogP contribution < -0.4 is 5.32 Å². The highest BCUT2D eigenvalue weighted by atomic mass is 35.5. The normalized spacial score (nSPS) is 14.8. The smallest absolute Gasteiger partial charge is 0.253 e. The summed E-state index contributed by atoms with van der Waals surface area (Å²) >= 11 is 6.24. The molecule has 0 unspecified atom stereocenters. The molecule has 6 heteroatoms. The maximum atomic E-state index is 12.6. The van der Waals surface area contributed by atoms with E-state index in [1.165, 1.54) is 6.42 Å². The Balaban J connectivity index is 1.71. The number of carbonyl (C=O) groups excluding carboxylic acids is 1. The lowest BCUT2D eigenvalue weighted by atomic mass is 10.1. The molecule has 0 atom stereocenters. The minimum atomic E-state index is 0.0817. The average Bonchev–Trinajstić information content (AvgIpc) is 3.00. The van der Waals surface area contributed by atoms with Crippen molar-refractivity contribution in [2.75, 3.05) is 18.4 Å².